The molecule has 1 aromatic heterocycles. The zero-order valence-electron chi connectivity index (χ0n) is 12.6. The summed E-state index contributed by atoms with van der Waals surface area (Å²) in [6.07, 6.45) is 6.47. The van der Waals surface area contributed by atoms with Crippen molar-refractivity contribution in [3.8, 4) is 5.75 Å². The molecule has 1 aromatic carbocycles. The number of benzene rings is 1. The van der Waals surface area contributed by atoms with Gasteiger partial charge in [0.25, 0.3) is 5.91 Å². The van der Waals surface area contributed by atoms with Crippen molar-refractivity contribution < 1.29 is 13.9 Å². The predicted octanol–water partition coefficient (Wildman–Crippen LogP) is 3.09. The highest BCUT2D eigenvalue weighted by Crippen LogP contribution is 2.20. The summed E-state index contributed by atoms with van der Waals surface area (Å²) in [5.41, 5.74) is 4.54. The van der Waals surface area contributed by atoms with Crippen LogP contribution in [0.15, 0.2) is 52.2 Å². The lowest BCUT2D eigenvalue weighted by Crippen LogP contribution is -2.24. The van der Waals surface area contributed by atoms with E-state index in [1.54, 1.807) is 24.5 Å². The third-order valence-corrected chi connectivity index (χ3v) is 3.07. The Hall–Kier alpha value is -2.82. The summed E-state index contributed by atoms with van der Waals surface area (Å²) in [5.74, 6) is 1.11. The first-order chi connectivity index (χ1) is 10.7. The van der Waals surface area contributed by atoms with Crippen LogP contribution in [-0.2, 0) is 4.79 Å². The van der Waals surface area contributed by atoms with E-state index in [2.05, 4.69) is 10.5 Å². The van der Waals surface area contributed by atoms with E-state index in [0.717, 1.165) is 16.9 Å². The van der Waals surface area contributed by atoms with Crippen LogP contribution in [0.25, 0.3) is 6.08 Å². The average molecular weight is 298 g/mol. The van der Waals surface area contributed by atoms with Crippen LogP contribution in [0.4, 0.5) is 0 Å². The number of carbonyl (C=O) groups is 1. The molecule has 5 nitrogen and oxygen atoms in total. The van der Waals surface area contributed by atoms with Gasteiger partial charge in [0.15, 0.2) is 6.61 Å². The Balaban J connectivity index is 1.75. The van der Waals surface area contributed by atoms with Crippen LogP contribution < -0.4 is 10.2 Å². The van der Waals surface area contributed by atoms with Crippen molar-refractivity contribution in [3.05, 3.63) is 59.6 Å². The summed E-state index contributed by atoms with van der Waals surface area (Å²) in [5, 5.41) is 3.79. The molecule has 114 valence electrons. The monoisotopic (exact) mass is 298 g/mol. The molecule has 0 bridgehead atoms. The molecule has 0 fully saturated rings. The number of furan rings is 1. The number of amides is 1. The second-order valence-corrected chi connectivity index (χ2v) is 4.67. The number of aryl methyl sites for hydroxylation is 1. The molecule has 0 saturated carbocycles. The minimum absolute atomic E-state index is 0.0798. The first kappa shape index (κ1) is 15.6. The number of carbonyl (C=O) groups excluding carboxylic acids is 1. The molecule has 1 N–H and O–H groups in total. The van der Waals surface area contributed by atoms with Crippen molar-refractivity contribution in [3.63, 3.8) is 0 Å². The zero-order chi connectivity index (χ0) is 15.8. The molecule has 1 heterocycles. The molecule has 0 saturated heterocycles. The molecule has 22 heavy (non-hydrogen) atoms. The summed E-state index contributed by atoms with van der Waals surface area (Å²) in [7, 11) is 0. The van der Waals surface area contributed by atoms with E-state index in [9.17, 15) is 4.79 Å². The predicted molar refractivity (Wildman–Crippen MR) is 85.8 cm³/mol. The van der Waals surface area contributed by atoms with Crippen molar-refractivity contribution >= 4 is 18.2 Å². The smallest absolute Gasteiger partial charge is 0.277 e. The first-order valence-corrected chi connectivity index (χ1v) is 6.88. The molecule has 0 atom stereocenters. The molecule has 0 aliphatic rings. The molecule has 0 aliphatic carbocycles. The third-order valence-electron chi connectivity index (χ3n) is 3.07. The largest absolute Gasteiger partial charge is 0.483 e. The van der Waals surface area contributed by atoms with Crippen molar-refractivity contribution in [2.24, 2.45) is 5.10 Å². The lowest BCUT2D eigenvalue weighted by Gasteiger charge is -2.09. The fraction of sp³-hybridized carbons (Fsp3) is 0.176. The summed E-state index contributed by atoms with van der Waals surface area (Å²) >= 11 is 0. The fourth-order valence-electron chi connectivity index (χ4n) is 1.73. The van der Waals surface area contributed by atoms with E-state index in [1.807, 2.05) is 38.1 Å². The molecule has 0 spiro atoms. The van der Waals surface area contributed by atoms with Gasteiger partial charge in [0.2, 0.25) is 0 Å². The van der Waals surface area contributed by atoms with Gasteiger partial charge in [-0.25, -0.2) is 5.43 Å². The number of hydrogen-bond donors (Lipinski definition) is 1. The standard InChI is InChI=1S/C17H18N2O3/c1-13-6-3-9-16(14(13)2)22-12-17(20)19-18-10-4-7-15-8-5-11-21-15/h3-11H,12H2,1-2H3,(H,19,20)/b7-4+,18-10+. The maximum absolute atomic E-state index is 11.6. The number of hydrogen-bond acceptors (Lipinski definition) is 4. The number of ether oxygens (including phenoxy) is 1. The Morgan fingerprint density at radius 3 is 2.95 bits per heavy atom. The van der Waals surface area contributed by atoms with E-state index in [4.69, 9.17) is 9.15 Å². The summed E-state index contributed by atoms with van der Waals surface area (Å²) in [6.45, 7) is 3.88. The van der Waals surface area contributed by atoms with Crippen molar-refractivity contribution in [2.75, 3.05) is 6.61 Å². The molecule has 0 aliphatic heterocycles. The number of rotatable bonds is 6. The van der Waals surface area contributed by atoms with Crippen LogP contribution >= 0.6 is 0 Å². The van der Waals surface area contributed by atoms with Gasteiger partial charge in [0.05, 0.1) is 6.26 Å². The van der Waals surface area contributed by atoms with Gasteiger partial charge >= 0.3 is 0 Å². The van der Waals surface area contributed by atoms with Crippen LogP contribution in [0.5, 0.6) is 5.75 Å². The molecule has 1 amide bonds. The molecule has 2 aromatic rings. The van der Waals surface area contributed by atoms with Crippen LogP contribution in [-0.4, -0.2) is 18.7 Å². The number of allylic oxidation sites excluding steroid dienone is 1. The van der Waals surface area contributed by atoms with E-state index in [1.165, 1.54) is 6.21 Å². The van der Waals surface area contributed by atoms with Gasteiger partial charge < -0.3 is 9.15 Å². The van der Waals surface area contributed by atoms with Crippen LogP contribution in [0, 0.1) is 13.8 Å². The van der Waals surface area contributed by atoms with Gasteiger partial charge in [-0.1, -0.05) is 12.1 Å². The zero-order valence-corrected chi connectivity index (χ0v) is 12.6. The minimum Gasteiger partial charge on any atom is -0.483 e. The number of nitrogens with zero attached hydrogens (tertiary/aromatic N) is 1. The second kappa shape index (κ2) is 7.83. The summed E-state index contributed by atoms with van der Waals surface area (Å²) in [6, 6.07) is 9.35. The molecular weight excluding hydrogens is 280 g/mol. The number of hydrazone groups is 1. The lowest BCUT2D eigenvalue weighted by molar-refractivity contribution is -0.123. The second-order valence-electron chi connectivity index (χ2n) is 4.67. The quantitative estimate of drug-likeness (QED) is 0.658. The Labute approximate surface area is 129 Å². The lowest BCUT2D eigenvalue weighted by atomic mass is 10.1. The van der Waals surface area contributed by atoms with Crippen molar-refractivity contribution in [1.82, 2.24) is 5.43 Å². The average Bonchev–Trinajstić information content (AvgIpc) is 3.02. The van der Waals surface area contributed by atoms with Crippen molar-refractivity contribution in [1.29, 1.82) is 0 Å². The normalized spacial score (nSPS) is 11.2. The summed E-state index contributed by atoms with van der Waals surface area (Å²) < 4.78 is 10.6. The third kappa shape index (κ3) is 4.63. The van der Waals surface area contributed by atoms with Crippen LogP contribution in [0.3, 0.4) is 0 Å². The Bertz CT molecular complexity index is 673. The van der Waals surface area contributed by atoms with E-state index in [0.29, 0.717) is 5.75 Å². The topological polar surface area (TPSA) is 63.8 Å². The maximum Gasteiger partial charge on any atom is 0.277 e. The molecule has 0 unspecified atom stereocenters. The maximum atomic E-state index is 11.6. The van der Waals surface area contributed by atoms with Crippen molar-refractivity contribution in [2.45, 2.75) is 13.8 Å². The number of nitrogens with one attached hydrogen (secondary N) is 1. The Morgan fingerprint density at radius 2 is 2.18 bits per heavy atom. The molecule has 5 heteroatoms. The summed E-state index contributed by atoms with van der Waals surface area (Å²) in [4.78, 5) is 11.6. The first-order valence-electron chi connectivity index (χ1n) is 6.88. The van der Waals surface area contributed by atoms with E-state index in [-0.39, 0.29) is 12.5 Å². The highest BCUT2D eigenvalue weighted by molar-refractivity contribution is 5.81. The molecule has 2 rings (SSSR count). The Morgan fingerprint density at radius 1 is 1.32 bits per heavy atom. The van der Waals surface area contributed by atoms with Gasteiger partial charge in [-0.15, -0.1) is 0 Å². The highest BCUT2D eigenvalue weighted by Gasteiger charge is 2.04. The highest BCUT2D eigenvalue weighted by atomic mass is 16.5. The fourth-order valence-corrected chi connectivity index (χ4v) is 1.73. The SMILES string of the molecule is Cc1cccc(OCC(=O)N/N=C/C=C/c2ccco2)c1C. The molecular formula is C17H18N2O3. The van der Waals surface area contributed by atoms with Crippen LogP contribution in [0.2, 0.25) is 0 Å². The van der Waals surface area contributed by atoms with Gasteiger partial charge in [-0.05, 0) is 55.3 Å². The minimum atomic E-state index is -0.316. The van der Waals surface area contributed by atoms with E-state index >= 15 is 0 Å². The van der Waals surface area contributed by atoms with Gasteiger partial charge in [-0.3, -0.25) is 4.79 Å². The Kier molecular flexibility index (Phi) is 5.54. The van der Waals surface area contributed by atoms with Crippen LogP contribution in [0.1, 0.15) is 16.9 Å². The van der Waals surface area contributed by atoms with Gasteiger partial charge in [0.1, 0.15) is 11.5 Å². The van der Waals surface area contributed by atoms with Gasteiger partial charge in [0, 0.05) is 6.21 Å². The van der Waals surface area contributed by atoms with Gasteiger partial charge in [-0.2, -0.15) is 5.10 Å². The molecule has 0 radical (unpaired) electrons. The van der Waals surface area contributed by atoms with E-state index < -0.39 is 0 Å².